The van der Waals surface area contributed by atoms with Gasteiger partial charge in [-0.1, -0.05) is 0 Å². The molecule has 3 fully saturated rings. The van der Waals surface area contributed by atoms with Crippen molar-refractivity contribution in [3.8, 4) is 0 Å². The van der Waals surface area contributed by atoms with Gasteiger partial charge in [0.2, 0.25) is 0 Å². The zero-order valence-corrected chi connectivity index (χ0v) is 14.1. The van der Waals surface area contributed by atoms with Gasteiger partial charge in [-0.25, -0.2) is 14.7 Å². The number of nitrogens with one attached hydrogen (secondary N) is 1. The lowest BCUT2D eigenvalue weighted by atomic mass is 9.94. The summed E-state index contributed by atoms with van der Waals surface area (Å²) in [5.74, 6) is 1.63. The first-order valence-electron chi connectivity index (χ1n) is 8.78. The Morgan fingerprint density at radius 2 is 2.08 bits per heavy atom. The lowest BCUT2D eigenvalue weighted by molar-refractivity contribution is -0.105. The van der Waals surface area contributed by atoms with Crippen LogP contribution in [0.4, 0.5) is 4.79 Å². The van der Waals surface area contributed by atoms with E-state index in [0.717, 1.165) is 6.42 Å². The van der Waals surface area contributed by atoms with Gasteiger partial charge in [-0.2, -0.15) is 5.10 Å². The molecule has 1 aromatic heterocycles. The highest BCUT2D eigenvalue weighted by molar-refractivity contribution is 5.69. The molecule has 1 aromatic rings. The lowest BCUT2D eigenvalue weighted by Crippen LogP contribution is -2.43. The predicted octanol–water partition coefficient (Wildman–Crippen LogP) is 1.46. The molecule has 8 nitrogen and oxygen atoms in total. The second-order valence-electron chi connectivity index (χ2n) is 7.32. The van der Waals surface area contributed by atoms with E-state index in [1.165, 1.54) is 12.8 Å². The van der Waals surface area contributed by atoms with E-state index in [4.69, 9.17) is 9.47 Å². The zero-order chi connectivity index (χ0) is 16.8. The molecule has 2 aliphatic heterocycles. The van der Waals surface area contributed by atoms with Crippen LogP contribution in [0.3, 0.4) is 0 Å². The number of amides is 1. The Balaban J connectivity index is 1.64. The second-order valence-corrected chi connectivity index (χ2v) is 7.32. The van der Waals surface area contributed by atoms with E-state index in [-0.39, 0.29) is 30.0 Å². The van der Waals surface area contributed by atoms with Crippen LogP contribution in [0, 0.1) is 11.8 Å². The summed E-state index contributed by atoms with van der Waals surface area (Å²) in [5, 5.41) is 6.83. The van der Waals surface area contributed by atoms with E-state index in [2.05, 4.69) is 10.2 Å². The maximum atomic E-state index is 12.6. The molecule has 1 amide bonds. The molecule has 0 radical (unpaired) electrons. The van der Waals surface area contributed by atoms with Crippen molar-refractivity contribution in [1.82, 2.24) is 19.7 Å². The number of ether oxygens (including phenoxy) is 2. The summed E-state index contributed by atoms with van der Waals surface area (Å²) in [6.45, 7) is 5.49. The Hall–Kier alpha value is -1.83. The number of carbonyl (C=O) groups excluding carboxylic acids is 1. The minimum absolute atomic E-state index is 0.00962. The molecular formula is C16H24N4O4. The summed E-state index contributed by atoms with van der Waals surface area (Å²) in [6.07, 6.45) is 2.85. The predicted molar refractivity (Wildman–Crippen MR) is 84.6 cm³/mol. The molecule has 2 atom stereocenters. The number of hydrogen-bond donors (Lipinski definition) is 1. The summed E-state index contributed by atoms with van der Waals surface area (Å²) in [4.78, 5) is 26.5. The molecule has 0 spiro atoms. The number of H-pyrrole nitrogens is 1. The number of rotatable bonds is 4. The largest absolute Gasteiger partial charge is 0.441 e. The lowest BCUT2D eigenvalue weighted by Gasteiger charge is -2.31. The van der Waals surface area contributed by atoms with Crippen LogP contribution in [0.1, 0.15) is 51.0 Å². The number of carbonyl (C=O) groups is 1. The van der Waals surface area contributed by atoms with Gasteiger partial charge in [0.25, 0.3) is 0 Å². The van der Waals surface area contributed by atoms with Gasteiger partial charge in [-0.15, -0.1) is 0 Å². The summed E-state index contributed by atoms with van der Waals surface area (Å²) in [6, 6.07) is -0.197. The summed E-state index contributed by atoms with van der Waals surface area (Å²) in [7, 11) is 0. The Labute approximate surface area is 140 Å². The first-order chi connectivity index (χ1) is 11.6. The molecule has 1 N–H and O–H groups in total. The van der Waals surface area contributed by atoms with Gasteiger partial charge in [0.05, 0.1) is 19.3 Å². The van der Waals surface area contributed by atoms with Gasteiger partial charge < -0.3 is 9.47 Å². The highest BCUT2D eigenvalue weighted by Gasteiger charge is 2.48. The molecule has 8 heteroatoms. The summed E-state index contributed by atoms with van der Waals surface area (Å²) < 4.78 is 12.3. The fourth-order valence-electron chi connectivity index (χ4n) is 3.89. The molecule has 4 rings (SSSR count). The second kappa shape index (κ2) is 5.91. The van der Waals surface area contributed by atoms with Crippen LogP contribution in [0.15, 0.2) is 4.79 Å². The van der Waals surface area contributed by atoms with Crippen LogP contribution in [0.5, 0.6) is 0 Å². The van der Waals surface area contributed by atoms with Gasteiger partial charge in [-0.05, 0) is 44.9 Å². The molecule has 2 unspecified atom stereocenters. The van der Waals surface area contributed by atoms with Gasteiger partial charge in [0.15, 0.2) is 11.9 Å². The maximum absolute atomic E-state index is 12.6. The van der Waals surface area contributed by atoms with Crippen molar-refractivity contribution in [2.75, 3.05) is 19.8 Å². The molecule has 0 aromatic carbocycles. The monoisotopic (exact) mass is 336 g/mol. The number of aromatic amines is 1. The Morgan fingerprint density at radius 3 is 2.67 bits per heavy atom. The third-order valence-corrected chi connectivity index (χ3v) is 5.29. The molecule has 2 saturated heterocycles. The van der Waals surface area contributed by atoms with E-state index >= 15 is 0 Å². The first-order valence-corrected chi connectivity index (χ1v) is 8.78. The fourth-order valence-corrected chi connectivity index (χ4v) is 3.89. The van der Waals surface area contributed by atoms with Crippen molar-refractivity contribution in [2.24, 2.45) is 11.8 Å². The quantitative estimate of drug-likeness (QED) is 0.899. The van der Waals surface area contributed by atoms with E-state index in [9.17, 15) is 9.59 Å². The van der Waals surface area contributed by atoms with E-state index in [1.54, 1.807) is 9.47 Å². The van der Waals surface area contributed by atoms with Gasteiger partial charge in [0.1, 0.15) is 0 Å². The zero-order valence-electron chi connectivity index (χ0n) is 14.1. The number of aromatic nitrogens is 3. The fraction of sp³-hybridized carbons (Fsp3) is 0.812. The third kappa shape index (κ3) is 2.62. The number of likely N-dealkylation sites (tertiary alicyclic amines) is 1. The molecule has 3 aliphatic rings. The van der Waals surface area contributed by atoms with Crippen molar-refractivity contribution in [3.63, 3.8) is 0 Å². The van der Waals surface area contributed by atoms with Crippen molar-refractivity contribution < 1.29 is 14.3 Å². The van der Waals surface area contributed by atoms with Crippen LogP contribution in [-0.2, 0) is 9.47 Å². The standard InChI is InChI=1S/C16H24N4O4/c1-9(2)20-14(17-18-15(20)21)13-12(10-3-4-10)5-6-19(13)16(22)24-11-7-23-8-11/h9-13H,3-8H2,1-2H3,(H,18,21). The van der Waals surface area contributed by atoms with E-state index < -0.39 is 0 Å². The third-order valence-electron chi connectivity index (χ3n) is 5.29. The van der Waals surface area contributed by atoms with E-state index in [1.807, 2.05) is 13.8 Å². The normalized spacial score (nSPS) is 27.5. The summed E-state index contributed by atoms with van der Waals surface area (Å²) >= 11 is 0. The minimum Gasteiger partial charge on any atom is -0.441 e. The topological polar surface area (TPSA) is 89.4 Å². The van der Waals surface area contributed by atoms with Crippen LogP contribution < -0.4 is 5.69 Å². The Morgan fingerprint density at radius 1 is 1.33 bits per heavy atom. The smallest absolute Gasteiger partial charge is 0.410 e. The van der Waals surface area contributed by atoms with Crippen LogP contribution in [0.2, 0.25) is 0 Å². The van der Waals surface area contributed by atoms with Crippen molar-refractivity contribution in [1.29, 1.82) is 0 Å². The SMILES string of the molecule is CC(C)n1c(C2C(C3CC3)CCN2C(=O)OC2COC2)n[nH]c1=O. The van der Waals surface area contributed by atoms with Crippen molar-refractivity contribution >= 4 is 6.09 Å². The number of hydrogen-bond acceptors (Lipinski definition) is 5. The van der Waals surface area contributed by atoms with Crippen LogP contribution >= 0.6 is 0 Å². The molecule has 3 heterocycles. The minimum atomic E-state index is -0.317. The first kappa shape index (κ1) is 15.7. The summed E-state index contributed by atoms with van der Waals surface area (Å²) in [5.41, 5.74) is -0.220. The highest BCUT2D eigenvalue weighted by Crippen LogP contribution is 2.50. The van der Waals surface area contributed by atoms with Crippen LogP contribution in [-0.4, -0.2) is 51.6 Å². The molecule has 1 saturated carbocycles. The average Bonchev–Trinajstić information content (AvgIpc) is 3.12. The average molecular weight is 336 g/mol. The molecule has 0 bridgehead atoms. The highest BCUT2D eigenvalue weighted by atomic mass is 16.6. The molecular weight excluding hydrogens is 312 g/mol. The molecule has 24 heavy (non-hydrogen) atoms. The molecule has 1 aliphatic carbocycles. The number of nitrogens with zero attached hydrogens (tertiary/aromatic N) is 3. The van der Waals surface area contributed by atoms with Crippen molar-refractivity contribution in [2.45, 2.75) is 51.3 Å². The van der Waals surface area contributed by atoms with Crippen molar-refractivity contribution in [3.05, 3.63) is 16.3 Å². The maximum Gasteiger partial charge on any atom is 0.410 e. The molecule has 132 valence electrons. The van der Waals surface area contributed by atoms with E-state index in [0.29, 0.717) is 37.4 Å². The van der Waals surface area contributed by atoms with Gasteiger partial charge >= 0.3 is 11.8 Å². The Kier molecular flexibility index (Phi) is 3.86. The van der Waals surface area contributed by atoms with Crippen LogP contribution in [0.25, 0.3) is 0 Å². The van der Waals surface area contributed by atoms with Gasteiger partial charge in [-0.3, -0.25) is 9.47 Å². The Bertz CT molecular complexity index is 674. The van der Waals surface area contributed by atoms with Gasteiger partial charge in [0, 0.05) is 12.6 Å².